The van der Waals surface area contributed by atoms with Crippen LogP contribution in [0.1, 0.15) is 31.1 Å². The highest BCUT2D eigenvalue weighted by atomic mass is 32.2. The first-order valence-electron chi connectivity index (χ1n) is 8.83. The minimum atomic E-state index is -0.457. The van der Waals surface area contributed by atoms with Crippen molar-refractivity contribution >= 4 is 28.4 Å². The van der Waals surface area contributed by atoms with Crippen molar-refractivity contribution in [3.8, 4) is 0 Å². The molecule has 6 heteroatoms. The molecule has 0 bridgehead atoms. The fourth-order valence-corrected chi connectivity index (χ4v) is 3.82. The first kappa shape index (κ1) is 19.3. The molecule has 0 aliphatic carbocycles. The summed E-state index contributed by atoms with van der Waals surface area (Å²) >= 11 is 1.26. The predicted octanol–water partition coefficient (Wildman–Crippen LogP) is 4.56. The van der Waals surface area contributed by atoms with Crippen molar-refractivity contribution < 1.29 is 9.18 Å². The van der Waals surface area contributed by atoms with Crippen molar-refractivity contribution in [2.24, 2.45) is 5.92 Å². The second-order valence-electron chi connectivity index (χ2n) is 6.85. The van der Waals surface area contributed by atoms with E-state index in [4.69, 9.17) is 0 Å². The summed E-state index contributed by atoms with van der Waals surface area (Å²) in [6.07, 6.45) is 0. The first-order valence-corrected chi connectivity index (χ1v) is 9.71. The number of ketones is 1. The Hall–Kier alpha value is -2.47. The molecule has 140 valence electrons. The minimum Gasteiger partial charge on any atom is -0.293 e. The zero-order valence-corrected chi connectivity index (χ0v) is 16.3. The SMILES string of the molecule is CC(C)Cn1c(S[C@H](C)C(=O)c2ccc(F)cc2)nc2ccccc2c1=O. The summed E-state index contributed by atoms with van der Waals surface area (Å²) in [5.74, 6) is -0.250. The van der Waals surface area contributed by atoms with Crippen molar-refractivity contribution in [2.45, 2.75) is 37.7 Å². The summed E-state index contributed by atoms with van der Waals surface area (Å²) in [6.45, 7) is 6.36. The summed E-state index contributed by atoms with van der Waals surface area (Å²) in [6, 6.07) is 12.7. The van der Waals surface area contributed by atoms with Gasteiger partial charge in [-0.25, -0.2) is 9.37 Å². The minimum absolute atomic E-state index is 0.0989. The van der Waals surface area contributed by atoms with Gasteiger partial charge in [-0.3, -0.25) is 14.2 Å². The van der Waals surface area contributed by atoms with Gasteiger partial charge in [0.25, 0.3) is 5.56 Å². The van der Waals surface area contributed by atoms with E-state index in [1.54, 1.807) is 23.6 Å². The molecule has 0 saturated carbocycles. The van der Waals surface area contributed by atoms with E-state index in [2.05, 4.69) is 4.98 Å². The standard InChI is InChI=1S/C21H21FN2O2S/c1-13(2)12-24-20(26)17-6-4-5-7-18(17)23-21(24)27-14(3)19(25)15-8-10-16(22)11-9-15/h4-11,13-14H,12H2,1-3H3/t14-/m1/s1. The number of carbonyl (C=O) groups is 1. The van der Waals surface area contributed by atoms with E-state index >= 15 is 0 Å². The molecular weight excluding hydrogens is 363 g/mol. The number of halogens is 1. The van der Waals surface area contributed by atoms with Crippen LogP contribution in [0.15, 0.2) is 58.5 Å². The van der Waals surface area contributed by atoms with Crippen LogP contribution in [0.5, 0.6) is 0 Å². The van der Waals surface area contributed by atoms with Gasteiger partial charge in [0.05, 0.1) is 16.2 Å². The van der Waals surface area contributed by atoms with Crippen LogP contribution in [0.3, 0.4) is 0 Å². The smallest absolute Gasteiger partial charge is 0.262 e. The van der Waals surface area contributed by atoms with E-state index < -0.39 is 5.25 Å². The summed E-state index contributed by atoms with van der Waals surface area (Å²) in [5.41, 5.74) is 0.958. The van der Waals surface area contributed by atoms with Gasteiger partial charge in [0, 0.05) is 12.1 Å². The van der Waals surface area contributed by atoms with Gasteiger partial charge in [0.1, 0.15) is 5.82 Å². The normalized spacial score (nSPS) is 12.5. The number of hydrogen-bond acceptors (Lipinski definition) is 4. The number of para-hydroxylation sites is 1. The van der Waals surface area contributed by atoms with Crippen LogP contribution in [0.25, 0.3) is 10.9 Å². The van der Waals surface area contributed by atoms with E-state index in [0.29, 0.717) is 28.2 Å². The van der Waals surface area contributed by atoms with Gasteiger partial charge in [0.15, 0.2) is 10.9 Å². The molecule has 0 N–H and O–H groups in total. The van der Waals surface area contributed by atoms with Crippen LogP contribution in [0.2, 0.25) is 0 Å². The third-order valence-corrected chi connectivity index (χ3v) is 5.24. The Kier molecular flexibility index (Phi) is 5.75. The van der Waals surface area contributed by atoms with Crippen molar-refractivity contribution in [2.75, 3.05) is 0 Å². The summed E-state index contributed by atoms with van der Waals surface area (Å²) in [4.78, 5) is 30.2. The number of rotatable bonds is 6. The molecule has 0 spiro atoms. The third-order valence-electron chi connectivity index (χ3n) is 4.15. The Morgan fingerprint density at radius 1 is 1.11 bits per heavy atom. The van der Waals surface area contributed by atoms with Crippen LogP contribution in [0, 0.1) is 11.7 Å². The van der Waals surface area contributed by atoms with Crippen molar-refractivity contribution in [1.29, 1.82) is 0 Å². The maximum absolute atomic E-state index is 13.1. The quantitative estimate of drug-likeness (QED) is 0.355. The molecule has 1 aromatic heterocycles. The van der Waals surface area contributed by atoms with Gasteiger partial charge in [-0.15, -0.1) is 0 Å². The van der Waals surface area contributed by atoms with Crippen LogP contribution >= 0.6 is 11.8 Å². The van der Waals surface area contributed by atoms with E-state index in [-0.39, 0.29) is 23.1 Å². The Balaban J connectivity index is 1.98. The monoisotopic (exact) mass is 384 g/mol. The van der Waals surface area contributed by atoms with Gasteiger partial charge >= 0.3 is 0 Å². The van der Waals surface area contributed by atoms with Crippen LogP contribution in [-0.4, -0.2) is 20.6 Å². The number of hydrogen-bond donors (Lipinski definition) is 0. The number of thioether (sulfide) groups is 1. The zero-order valence-electron chi connectivity index (χ0n) is 15.5. The summed E-state index contributed by atoms with van der Waals surface area (Å²) < 4.78 is 14.7. The molecule has 4 nitrogen and oxygen atoms in total. The molecule has 27 heavy (non-hydrogen) atoms. The Bertz CT molecular complexity index is 1030. The number of benzene rings is 2. The maximum atomic E-state index is 13.1. The van der Waals surface area contributed by atoms with Gasteiger partial charge in [-0.05, 0) is 49.2 Å². The van der Waals surface area contributed by atoms with E-state index in [1.807, 2.05) is 26.0 Å². The van der Waals surface area contributed by atoms with Gasteiger partial charge in [-0.2, -0.15) is 0 Å². The molecule has 0 unspecified atom stereocenters. The molecule has 1 heterocycles. The third kappa shape index (κ3) is 4.27. The predicted molar refractivity (Wildman–Crippen MR) is 107 cm³/mol. The molecular formula is C21H21FN2O2S. The lowest BCUT2D eigenvalue weighted by Gasteiger charge is -2.17. The lowest BCUT2D eigenvalue weighted by molar-refractivity contribution is 0.0993. The fourth-order valence-electron chi connectivity index (χ4n) is 2.82. The second kappa shape index (κ2) is 8.05. The van der Waals surface area contributed by atoms with Crippen LogP contribution in [-0.2, 0) is 6.54 Å². The molecule has 0 radical (unpaired) electrons. The fraction of sp³-hybridized carbons (Fsp3) is 0.286. The largest absolute Gasteiger partial charge is 0.293 e. The zero-order chi connectivity index (χ0) is 19.6. The van der Waals surface area contributed by atoms with Crippen LogP contribution < -0.4 is 5.56 Å². The average Bonchev–Trinajstić information content (AvgIpc) is 2.64. The van der Waals surface area contributed by atoms with Crippen molar-refractivity contribution in [3.63, 3.8) is 0 Å². The van der Waals surface area contributed by atoms with E-state index in [9.17, 15) is 14.0 Å². The van der Waals surface area contributed by atoms with E-state index in [1.165, 1.54) is 36.0 Å². The topological polar surface area (TPSA) is 52.0 Å². The second-order valence-corrected chi connectivity index (χ2v) is 8.16. The molecule has 0 amide bonds. The molecule has 0 saturated heterocycles. The Morgan fingerprint density at radius 2 is 1.78 bits per heavy atom. The number of fused-ring (bicyclic) bond motifs is 1. The highest BCUT2D eigenvalue weighted by Gasteiger charge is 2.21. The Labute approximate surface area is 161 Å². The molecule has 0 aliphatic heterocycles. The molecule has 1 atom stereocenters. The molecule has 3 aromatic rings. The number of nitrogens with zero attached hydrogens (tertiary/aromatic N) is 2. The lowest BCUT2D eigenvalue weighted by Crippen LogP contribution is -2.26. The average molecular weight is 384 g/mol. The van der Waals surface area contributed by atoms with Gasteiger partial charge < -0.3 is 0 Å². The highest BCUT2D eigenvalue weighted by molar-refractivity contribution is 8.00. The van der Waals surface area contributed by atoms with Gasteiger partial charge in [0.2, 0.25) is 0 Å². The highest BCUT2D eigenvalue weighted by Crippen LogP contribution is 2.25. The van der Waals surface area contributed by atoms with Crippen LogP contribution in [0.4, 0.5) is 4.39 Å². The number of carbonyl (C=O) groups excluding carboxylic acids is 1. The molecule has 3 rings (SSSR count). The summed E-state index contributed by atoms with van der Waals surface area (Å²) in [5, 5.41) is 0.636. The molecule has 0 fully saturated rings. The van der Waals surface area contributed by atoms with Gasteiger partial charge in [-0.1, -0.05) is 37.7 Å². The Morgan fingerprint density at radius 3 is 2.44 bits per heavy atom. The van der Waals surface area contributed by atoms with Crippen molar-refractivity contribution in [1.82, 2.24) is 9.55 Å². The number of aromatic nitrogens is 2. The first-order chi connectivity index (χ1) is 12.9. The summed E-state index contributed by atoms with van der Waals surface area (Å²) in [7, 11) is 0. The van der Waals surface area contributed by atoms with E-state index in [0.717, 1.165) is 0 Å². The molecule has 0 aliphatic rings. The number of Topliss-reactive ketones (excluding diaryl/α,β-unsaturated/α-hetero) is 1. The lowest BCUT2D eigenvalue weighted by atomic mass is 10.1. The maximum Gasteiger partial charge on any atom is 0.262 e. The van der Waals surface area contributed by atoms with Crippen molar-refractivity contribution in [3.05, 3.63) is 70.3 Å². The molecule has 2 aromatic carbocycles.